The van der Waals surface area contributed by atoms with Gasteiger partial charge in [-0.3, -0.25) is 4.79 Å². The molecule has 0 amide bonds. The van der Waals surface area contributed by atoms with Crippen LogP contribution in [0.3, 0.4) is 0 Å². The number of hydrogen-bond donors (Lipinski definition) is 2. The molecule has 0 aliphatic carbocycles. The molecule has 0 aliphatic rings. The normalized spacial score (nSPS) is 11.9. The first-order valence-corrected chi connectivity index (χ1v) is 14.9. The molecule has 0 saturated heterocycles. The van der Waals surface area contributed by atoms with Crippen LogP contribution in [-0.2, 0) is 11.2 Å². The second-order valence-corrected chi connectivity index (χ2v) is 12.4. The van der Waals surface area contributed by atoms with Crippen molar-refractivity contribution in [1.29, 1.82) is 0 Å². The molecule has 4 aromatic carbocycles. The Hall–Kier alpha value is -3.29. The summed E-state index contributed by atoms with van der Waals surface area (Å²) in [5.74, 6) is 0.976. The van der Waals surface area contributed by atoms with Gasteiger partial charge in [0.05, 0.1) is 22.5 Å². The fraction of sp³-hybridized carbons (Fsp3) is 0.265. The van der Waals surface area contributed by atoms with Crippen molar-refractivity contribution in [1.82, 2.24) is 0 Å². The fourth-order valence-corrected chi connectivity index (χ4v) is 6.61. The second-order valence-electron chi connectivity index (χ2n) is 10.7. The van der Waals surface area contributed by atoms with Gasteiger partial charge in [-0.2, -0.15) is 0 Å². The van der Waals surface area contributed by atoms with Gasteiger partial charge in [0.25, 0.3) is 0 Å². The molecule has 0 aromatic heterocycles. The smallest absolute Gasteiger partial charge is 0.307 e. The Morgan fingerprint density at radius 1 is 0.878 bits per heavy atom. The van der Waals surface area contributed by atoms with Crippen molar-refractivity contribution in [3.63, 3.8) is 0 Å². The Morgan fingerprint density at radius 3 is 2.10 bits per heavy atom. The summed E-state index contributed by atoms with van der Waals surface area (Å²) in [5.41, 5.74) is 7.10. The minimum Gasteiger partial charge on any atom is -0.507 e. The van der Waals surface area contributed by atoms with Gasteiger partial charge < -0.3 is 19.7 Å². The summed E-state index contributed by atoms with van der Waals surface area (Å²) in [4.78, 5) is 11.3. The maximum Gasteiger partial charge on any atom is 0.307 e. The minimum atomic E-state index is -0.911. The number of carboxylic acid groups (broad SMARTS) is 1. The number of benzene rings is 4. The number of phenols is 1. The van der Waals surface area contributed by atoms with Crippen molar-refractivity contribution in [2.24, 2.45) is 0 Å². The molecule has 4 rings (SSSR count). The SMILES string of the molecule is COc1cc(C(c2cccc(C)c2)c2c(C)ccc(C)c2O)c(Oc2c(Br)cc(CC(=O)O)cc2Br)cc1C(C)C. The lowest BCUT2D eigenvalue weighted by molar-refractivity contribution is -0.136. The zero-order chi connectivity index (χ0) is 30.0. The standard InChI is InChI=1S/C34H34Br2O5/c1-18(2)24-16-29(41-34-26(35)13-22(14-27(34)36)15-30(37)38)25(17-28(24)40-6)32(23-9-7-8-19(3)12-23)31-20(4)10-11-21(5)33(31)39/h7-14,16-18,32,39H,15H2,1-6H3,(H,37,38). The molecule has 1 unspecified atom stereocenters. The molecule has 0 fully saturated rings. The minimum absolute atomic E-state index is 0.107. The Bertz CT molecular complexity index is 1590. The molecule has 214 valence electrons. The number of hydrogen-bond acceptors (Lipinski definition) is 4. The van der Waals surface area contributed by atoms with Crippen LogP contribution >= 0.6 is 31.9 Å². The molecule has 2 N–H and O–H groups in total. The van der Waals surface area contributed by atoms with E-state index in [9.17, 15) is 15.0 Å². The number of aromatic hydroxyl groups is 1. The third kappa shape index (κ3) is 6.62. The molecule has 5 nitrogen and oxygen atoms in total. The number of ether oxygens (including phenoxy) is 2. The summed E-state index contributed by atoms with van der Waals surface area (Å²) in [6, 6.07) is 19.8. The summed E-state index contributed by atoms with van der Waals surface area (Å²) in [6.45, 7) is 10.2. The van der Waals surface area contributed by atoms with Gasteiger partial charge in [0.2, 0.25) is 0 Å². The first-order valence-electron chi connectivity index (χ1n) is 13.4. The average molecular weight is 682 g/mol. The maximum atomic E-state index is 11.4. The highest BCUT2D eigenvalue weighted by Gasteiger charge is 2.29. The lowest BCUT2D eigenvalue weighted by Crippen LogP contribution is -2.10. The Labute approximate surface area is 258 Å². The van der Waals surface area contributed by atoms with E-state index in [4.69, 9.17) is 9.47 Å². The number of carboxylic acids is 1. The van der Waals surface area contributed by atoms with Gasteiger partial charge in [0.1, 0.15) is 17.2 Å². The summed E-state index contributed by atoms with van der Waals surface area (Å²) >= 11 is 7.20. The van der Waals surface area contributed by atoms with Gasteiger partial charge in [0, 0.05) is 22.6 Å². The first-order chi connectivity index (χ1) is 19.4. The largest absolute Gasteiger partial charge is 0.507 e. The number of aliphatic carboxylic acids is 1. The van der Waals surface area contributed by atoms with Crippen LogP contribution in [0.25, 0.3) is 0 Å². The molecule has 7 heteroatoms. The monoisotopic (exact) mass is 680 g/mol. The van der Waals surface area contributed by atoms with Crippen molar-refractivity contribution in [2.45, 2.75) is 52.9 Å². The maximum absolute atomic E-state index is 11.4. The first kappa shape index (κ1) is 30.7. The average Bonchev–Trinajstić information content (AvgIpc) is 2.90. The summed E-state index contributed by atoms with van der Waals surface area (Å²) in [7, 11) is 1.66. The lowest BCUT2D eigenvalue weighted by Gasteiger charge is -2.27. The van der Waals surface area contributed by atoms with Crippen LogP contribution in [0.15, 0.2) is 69.6 Å². The topological polar surface area (TPSA) is 76.0 Å². The summed E-state index contributed by atoms with van der Waals surface area (Å²) in [5, 5.41) is 20.7. The van der Waals surface area contributed by atoms with Crippen LogP contribution in [0.1, 0.15) is 70.2 Å². The molecule has 0 saturated carbocycles. The van der Waals surface area contributed by atoms with Gasteiger partial charge >= 0.3 is 5.97 Å². The van der Waals surface area contributed by atoms with Crippen molar-refractivity contribution in [2.75, 3.05) is 7.11 Å². The van der Waals surface area contributed by atoms with E-state index >= 15 is 0 Å². The van der Waals surface area contributed by atoms with E-state index in [-0.39, 0.29) is 24.0 Å². The predicted molar refractivity (Wildman–Crippen MR) is 170 cm³/mol. The third-order valence-electron chi connectivity index (χ3n) is 7.22. The lowest BCUT2D eigenvalue weighted by atomic mass is 9.80. The van der Waals surface area contributed by atoms with Gasteiger partial charge in [-0.05, 0) is 105 Å². The van der Waals surface area contributed by atoms with E-state index in [0.29, 0.717) is 26.0 Å². The van der Waals surface area contributed by atoms with E-state index in [1.165, 1.54) is 0 Å². The highest BCUT2D eigenvalue weighted by molar-refractivity contribution is 9.11. The van der Waals surface area contributed by atoms with Crippen molar-refractivity contribution in [3.05, 3.63) is 114 Å². The molecule has 0 radical (unpaired) electrons. The van der Waals surface area contributed by atoms with Crippen LogP contribution < -0.4 is 9.47 Å². The summed E-state index contributed by atoms with van der Waals surface area (Å²) < 4.78 is 13.8. The van der Waals surface area contributed by atoms with E-state index in [0.717, 1.165) is 44.7 Å². The van der Waals surface area contributed by atoms with Crippen LogP contribution in [0.5, 0.6) is 23.0 Å². The van der Waals surface area contributed by atoms with E-state index in [1.807, 2.05) is 44.2 Å². The third-order valence-corrected chi connectivity index (χ3v) is 8.40. The van der Waals surface area contributed by atoms with Crippen LogP contribution in [0.4, 0.5) is 0 Å². The van der Waals surface area contributed by atoms with Crippen LogP contribution in [-0.4, -0.2) is 23.3 Å². The second kappa shape index (κ2) is 12.7. The Balaban J connectivity index is 2.04. The number of phenolic OH excluding ortho intramolecular Hbond substituents is 1. The molecule has 1 atom stereocenters. The highest BCUT2D eigenvalue weighted by Crippen LogP contribution is 2.48. The Morgan fingerprint density at radius 2 is 1.51 bits per heavy atom. The highest BCUT2D eigenvalue weighted by atomic mass is 79.9. The Kier molecular flexibility index (Phi) is 9.50. The van der Waals surface area contributed by atoms with Crippen molar-refractivity contribution in [3.8, 4) is 23.0 Å². The van der Waals surface area contributed by atoms with Crippen LogP contribution in [0, 0.1) is 20.8 Å². The molecule has 0 bridgehead atoms. The van der Waals surface area contributed by atoms with E-state index in [1.54, 1.807) is 19.2 Å². The van der Waals surface area contributed by atoms with Gasteiger partial charge in [-0.1, -0.05) is 55.8 Å². The van der Waals surface area contributed by atoms with Gasteiger partial charge in [-0.15, -0.1) is 0 Å². The van der Waals surface area contributed by atoms with Crippen molar-refractivity contribution >= 4 is 37.8 Å². The number of aryl methyl sites for hydroxylation is 3. The van der Waals surface area contributed by atoms with E-state index < -0.39 is 5.97 Å². The van der Waals surface area contributed by atoms with E-state index in [2.05, 4.69) is 70.8 Å². The summed E-state index contributed by atoms with van der Waals surface area (Å²) in [6.07, 6.45) is -0.107. The molecular weight excluding hydrogens is 648 g/mol. The molecule has 4 aromatic rings. The number of rotatable bonds is 9. The molecule has 0 spiro atoms. The van der Waals surface area contributed by atoms with Gasteiger partial charge in [0.15, 0.2) is 5.75 Å². The van der Waals surface area contributed by atoms with Crippen LogP contribution in [0.2, 0.25) is 0 Å². The quantitative estimate of drug-likeness (QED) is 0.172. The number of halogens is 2. The van der Waals surface area contributed by atoms with Crippen molar-refractivity contribution < 1.29 is 24.5 Å². The number of methoxy groups -OCH3 is 1. The molecule has 0 heterocycles. The fourth-order valence-electron chi connectivity index (χ4n) is 5.16. The zero-order valence-electron chi connectivity index (χ0n) is 24.0. The zero-order valence-corrected chi connectivity index (χ0v) is 27.2. The van der Waals surface area contributed by atoms with Gasteiger partial charge in [-0.25, -0.2) is 0 Å². The molecule has 0 aliphatic heterocycles. The molecule has 41 heavy (non-hydrogen) atoms. The molecular formula is C34H34Br2O5. The predicted octanol–water partition coefficient (Wildman–Crippen LogP) is 9.57. The number of carbonyl (C=O) groups is 1.